The summed E-state index contributed by atoms with van der Waals surface area (Å²) in [5, 5.41) is 11.0. The number of hydrogen-bond donors (Lipinski definition) is 0. The predicted molar refractivity (Wildman–Crippen MR) is 114 cm³/mol. The Morgan fingerprint density at radius 3 is 1.61 bits per heavy atom. The lowest BCUT2D eigenvalue weighted by atomic mass is 9.55. The molecule has 2 atom stereocenters. The third-order valence-corrected chi connectivity index (χ3v) is 7.14. The maximum atomic E-state index is 13.6. The summed E-state index contributed by atoms with van der Waals surface area (Å²) in [6.07, 6.45) is 0. The van der Waals surface area contributed by atoms with E-state index >= 15 is 0 Å². The van der Waals surface area contributed by atoms with Crippen LogP contribution in [0.5, 0.6) is 0 Å². The summed E-state index contributed by atoms with van der Waals surface area (Å²) >= 11 is 6.08. The third-order valence-electron chi connectivity index (χ3n) is 6.83. The molecule has 1 saturated heterocycles. The quantitative estimate of drug-likeness (QED) is 0.337. The van der Waals surface area contributed by atoms with E-state index in [1.165, 1.54) is 23.1 Å². The van der Waals surface area contributed by atoms with Gasteiger partial charge in [0.05, 0.1) is 22.4 Å². The Labute approximate surface area is 182 Å². The van der Waals surface area contributed by atoms with Crippen molar-refractivity contribution >= 4 is 34.8 Å². The summed E-state index contributed by atoms with van der Waals surface area (Å²) in [6.45, 7) is 0. The third kappa shape index (κ3) is 2.28. The molecule has 2 bridgehead atoms. The van der Waals surface area contributed by atoms with Crippen LogP contribution in [0.2, 0.25) is 5.02 Å². The van der Waals surface area contributed by atoms with Gasteiger partial charge in [0.2, 0.25) is 11.8 Å². The largest absolute Gasteiger partial charge is 0.288 e. The maximum absolute atomic E-state index is 13.6. The molecule has 3 aromatic rings. The van der Waals surface area contributed by atoms with Gasteiger partial charge in [-0.25, -0.2) is 4.90 Å². The van der Waals surface area contributed by atoms with Gasteiger partial charge in [-0.1, -0.05) is 60.1 Å². The molecule has 3 aromatic carbocycles. The molecule has 0 N–H and O–H groups in total. The number of anilines is 1. The average Bonchev–Trinajstić information content (AvgIpc) is 3.04. The molecule has 1 heterocycles. The molecule has 31 heavy (non-hydrogen) atoms. The Balaban J connectivity index is 1.52. The molecule has 1 fully saturated rings. The van der Waals surface area contributed by atoms with E-state index in [1.54, 1.807) is 0 Å². The first-order valence-corrected chi connectivity index (χ1v) is 10.4. The van der Waals surface area contributed by atoms with Crippen molar-refractivity contribution in [3.63, 3.8) is 0 Å². The topological polar surface area (TPSA) is 80.5 Å². The van der Waals surface area contributed by atoms with E-state index in [9.17, 15) is 19.7 Å². The number of rotatable bonds is 2. The minimum atomic E-state index is -0.590. The van der Waals surface area contributed by atoms with Crippen molar-refractivity contribution in [2.75, 3.05) is 4.90 Å². The Morgan fingerprint density at radius 2 is 1.23 bits per heavy atom. The lowest BCUT2D eigenvalue weighted by Crippen LogP contribution is -2.41. The minimum absolute atomic E-state index is 0.104. The molecule has 0 saturated carbocycles. The first kappa shape index (κ1) is 18.3. The van der Waals surface area contributed by atoms with Crippen LogP contribution in [0.4, 0.5) is 11.4 Å². The van der Waals surface area contributed by atoms with Crippen molar-refractivity contribution in [3.05, 3.63) is 104 Å². The molecule has 7 heteroatoms. The second-order valence-electron chi connectivity index (χ2n) is 8.17. The molecule has 3 aliphatic carbocycles. The number of nitrogens with zero attached hydrogens (tertiary/aromatic N) is 2. The van der Waals surface area contributed by atoms with E-state index in [2.05, 4.69) is 0 Å². The number of nitro benzene ring substituents is 1. The molecule has 0 aromatic heterocycles. The summed E-state index contributed by atoms with van der Waals surface area (Å²) in [4.78, 5) is 38.9. The number of carbonyl (C=O) groups is 2. The van der Waals surface area contributed by atoms with Gasteiger partial charge in [0, 0.05) is 17.9 Å². The lowest BCUT2D eigenvalue weighted by Gasteiger charge is -2.45. The van der Waals surface area contributed by atoms with Crippen molar-refractivity contribution in [2.45, 2.75) is 11.8 Å². The van der Waals surface area contributed by atoms with Crippen LogP contribution in [0.15, 0.2) is 66.7 Å². The highest BCUT2D eigenvalue weighted by Crippen LogP contribution is 2.61. The number of amides is 2. The van der Waals surface area contributed by atoms with Crippen LogP contribution in [0.3, 0.4) is 0 Å². The van der Waals surface area contributed by atoms with Gasteiger partial charge in [-0.3, -0.25) is 19.7 Å². The lowest BCUT2D eigenvalue weighted by molar-refractivity contribution is -0.384. The van der Waals surface area contributed by atoms with E-state index in [0.717, 1.165) is 22.3 Å². The molecule has 0 unspecified atom stereocenters. The summed E-state index contributed by atoms with van der Waals surface area (Å²) in [5.41, 5.74) is 4.39. The first-order valence-electron chi connectivity index (χ1n) is 9.98. The van der Waals surface area contributed by atoms with Gasteiger partial charge in [-0.15, -0.1) is 0 Å². The number of nitro groups is 1. The maximum Gasteiger partial charge on any atom is 0.288 e. The summed E-state index contributed by atoms with van der Waals surface area (Å²) < 4.78 is 0. The van der Waals surface area contributed by atoms with Crippen molar-refractivity contribution in [1.82, 2.24) is 0 Å². The molecule has 7 rings (SSSR count). The zero-order chi connectivity index (χ0) is 21.4. The minimum Gasteiger partial charge on any atom is -0.274 e. The van der Waals surface area contributed by atoms with E-state index in [4.69, 9.17) is 11.6 Å². The predicted octanol–water partition coefficient (Wildman–Crippen LogP) is 4.64. The van der Waals surface area contributed by atoms with Gasteiger partial charge in [0.25, 0.3) is 5.69 Å². The highest BCUT2D eigenvalue weighted by Gasteiger charge is 2.61. The van der Waals surface area contributed by atoms with Crippen LogP contribution in [0.25, 0.3) is 0 Å². The molecular weight excluding hydrogens is 416 g/mol. The standard InChI is InChI=1S/C24H15ClN2O4/c25-17-11-12(9-10-18(17)27(30)31)26-23(28)21-19-13-5-1-2-6-14(13)20(22(21)24(26)29)16-8-4-3-7-15(16)19/h1-11,19-22H/t19?,20?,21-,22-/m0/s1. The smallest absolute Gasteiger partial charge is 0.274 e. The zero-order valence-corrected chi connectivity index (χ0v) is 16.8. The fourth-order valence-corrected chi connectivity index (χ4v) is 5.96. The SMILES string of the molecule is O=C1[C@H]2C3c4ccccc4C(c4ccccc43)[C@@H]2C(=O)N1c1ccc([N+](=O)[O-])c(Cl)c1. The van der Waals surface area contributed by atoms with Gasteiger partial charge in [0.1, 0.15) is 5.02 Å². The Morgan fingerprint density at radius 1 is 0.774 bits per heavy atom. The van der Waals surface area contributed by atoms with Gasteiger partial charge in [-0.2, -0.15) is 0 Å². The Bertz CT molecular complexity index is 1200. The number of imide groups is 1. The molecule has 1 aliphatic heterocycles. The van der Waals surface area contributed by atoms with Gasteiger partial charge in [0.15, 0.2) is 0 Å². The fourth-order valence-electron chi connectivity index (χ4n) is 5.71. The normalized spacial score (nSPS) is 25.3. The van der Waals surface area contributed by atoms with Crippen LogP contribution in [-0.2, 0) is 9.59 Å². The summed E-state index contributed by atoms with van der Waals surface area (Å²) in [7, 11) is 0. The molecule has 2 amide bonds. The molecule has 6 nitrogen and oxygen atoms in total. The average molecular weight is 431 g/mol. The van der Waals surface area contributed by atoms with E-state index in [0.29, 0.717) is 0 Å². The Kier molecular flexibility index (Phi) is 3.68. The van der Waals surface area contributed by atoms with Crippen molar-refractivity contribution in [1.29, 1.82) is 0 Å². The number of halogens is 1. The van der Waals surface area contributed by atoms with Gasteiger partial charge < -0.3 is 0 Å². The second kappa shape index (κ2) is 6.25. The monoisotopic (exact) mass is 430 g/mol. The molecule has 0 radical (unpaired) electrons. The molecular formula is C24H15ClN2O4. The van der Waals surface area contributed by atoms with Gasteiger partial charge in [-0.05, 0) is 34.4 Å². The van der Waals surface area contributed by atoms with Crippen molar-refractivity contribution < 1.29 is 14.5 Å². The van der Waals surface area contributed by atoms with Crippen LogP contribution in [0.1, 0.15) is 34.1 Å². The van der Waals surface area contributed by atoms with Crippen molar-refractivity contribution in [3.8, 4) is 0 Å². The summed E-state index contributed by atoms with van der Waals surface area (Å²) in [5.74, 6) is -1.96. The van der Waals surface area contributed by atoms with Crippen LogP contribution < -0.4 is 4.90 Å². The van der Waals surface area contributed by atoms with Gasteiger partial charge >= 0.3 is 0 Å². The second-order valence-corrected chi connectivity index (χ2v) is 8.58. The zero-order valence-electron chi connectivity index (χ0n) is 16.1. The number of benzene rings is 3. The summed E-state index contributed by atoms with van der Waals surface area (Å²) in [6, 6.07) is 20.0. The molecule has 0 spiro atoms. The molecule has 4 aliphatic rings. The van der Waals surface area contributed by atoms with Crippen molar-refractivity contribution in [2.24, 2.45) is 11.8 Å². The van der Waals surface area contributed by atoms with E-state index < -0.39 is 16.8 Å². The van der Waals surface area contributed by atoms with E-state index in [1.807, 2.05) is 48.5 Å². The van der Waals surface area contributed by atoms with Crippen LogP contribution >= 0.6 is 11.6 Å². The number of carbonyl (C=O) groups excluding carboxylic acids is 2. The Hall–Kier alpha value is -3.51. The molecule has 152 valence electrons. The first-order chi connectivity index (χ1) is 15.0. The number of hydrogen-bond acceptors (Lipinski definition) is 4. The highest BCUT2D eigenvalue weighted by molar-refractivity contribution is 6.33. The van der Waals surface area contributed by atoms with Crippen LogP contribution in [-0.4, -0.2) is 16.7 Å². The highest BCUT2D eigenvalue weighted by atomic mass is 35.5. The van der Waals surface area contributed by atoms with E-state index in [-0.39, 0.29) is 40.0 Å². The van der Waals surface area contributed by atoms with Crippen LogP contribution in [0, 0.1) is 22.0 Å². The fraction of sp³-hybridized carbons (Fsp3) is 0.167.